The van der Waals surface area contributed by atoms with Gasteiger partial charge in [0.2, 0.25) is 17.3 Å². The second-order valence-electron chi connectivity index (χ2n) is 10.5. The summed E-state index contributed by atoms with van der Waals surface area (Å²) in [6, 6.07) is -2.49. The normalized spacial score (nSPS) is 25.1. The number of ether oxygens (including phenoxy) is 1. The van der Waals surface area contributed by atoms with Gasteiger partial charge in [0.25, 0.3) is 10.1 Å². The van der Waals surface area contributed by atoms with Crippen LogP contribution >= 0.6 is 0 Å². The highest BCUT2D eigenvalue weighted by atomic mass is 32.2. The maximum absolute atomic E-state index is 13.1. The molecule has 0 aromatic rings. The Bertz CT molecular complexity index is 842. The lowest BCUT2D eigenvalue weighted by molar-refractivity contribution is -0.126. The summed E-state index contributed by atoms with van der Waals surface area (Å²) in [5.74, 6) is -1.02. The minimum atomic E-state index is -4.91. The van der Waals surface area contributed by atoms with Crippen molar-refractivity contribution in [3.63, 3.8) is 0 Å². The second kappa shape index (κ2) is 14.1. The van der Waals surface area contributed by atoms with Crippen molar-refractivity contribution in [2.45, 2.75) is 109 Å². The maximum atomic E-state index is 13.1. The van der Waals surface area contributed by atoms with E-state index in [2.05, 4.69) is 22.9 Å². The first-order valence-electron chi connectivity index (χ1n) is 13.1. The van der Waals surface area contributed by atoms with Crippen LogP contribution in [0.1, 0.15) is 85.0 Å². The summed E-state index contributed by atoms with van der Waals surface area (Å²) in [7, 11) is -4.91. The van der Waals surface area contributed by atoms with Gasteiger partial charge in [0.15, 0.2) is 0 Å². The molecule has 0 aromatic heterocycles. The quantitative estimate of drug-likeness (QED) is 0.224. The lowest BCUT2D eigenvalue weighted by Gasteiger charge is -2.30. The smallest absolute Gasteiger partial charge is 0.408 e. The van der Waals surface area contributed by atoms with E-state index in [4.69, 9.17) is 4.74 Å². The predicted molar refractivity (Wildman–Crippen MR) is 133 cm³/mol. The first-order chi connectivity index (χ1) is 16.9. The molecule has 2 rings (SSSR count). The van der Waals surface area contributed by atoms with Crippen LogP contribution in [0.5, 0.6) is 0 Å². The van der Waals surface area contributed by atoms with Crippen molar-refractivity contribution in [3.8, 4) is 0 Å². The minimum Gasteiger partial charge on any atom is -0.446 e. The third-order valence-electron chi connectivity index (χ3n) is 7.03. The molecule has 1 saturated heterocycles. The van der Waals surface area contributed by atoms with Gasteiger partial charge < -0.3 is 25.8 Å². The summed E-state index contributed by atoms with van der Waals surface area (Å²) in [4.78, 5) is 37.7. The van der Waals surface area contributed by atoms with Gasteiger partial charge in [0.05, 0.1) is 6.04 Å². The number of rotatable bonds is 13. The highest BCUT2D eigenvalue weighted by molar-refractivity contribution is 7.86. The van der Waals surface area contributed by atoms with Crippen LogP contribution in [0.25, 0.3) is 0 Å². The maximum Gasteiger partial charge on any atom is 0.408 e. The Kier molecular flexibility index (Phi) is 11.9. The van der Waals surface area contributed by atoms with Crippen molar-refractivity contribution in [3.05, 3.63) is 0 Å². The Morgan fingerprint density at radius 2 is 1.81 bits per heavy atom. The molecule has 1 aliphatic heterocycles. The van der Waals surface area contributed by atoms with Crippen molar-refractivity contribution in [2.24, 2.45) is 17.8 Å². The van der Waals surface area contributed by atoms with Crippen LogP contribution < -0.4 is 16.0 Å². The summed E-state index contributed by atoms with van der Waals surface area (Å²) < 4.78 is 38.1. The number of unbranched alkanes of at least 4 members (excludes halogenated alkanes) is 1. The van der Waals surface area contributed by atoms with Gasteiger partial charge in [-0.3, -0.25) is 14.1 Å². The van der Waals surface area contributed by atoms with Gasteiger partial charge in [-0.15, -0.1) is 0 Å². The fourth-order valence-corrected chi connectivity index (χ4v) is 5.57. The van der Waals surface area contributed by atoms with Crippen LogP contribution in [0, 0.1) is 17.8 Å². The summed E-state index contributed by atoms with van der Waals surface area (Å²) in [6.07, 6.45) is 6.60. The van der Waals surface area contributed by atoms with Crippen molar-refractivity contribution >= 4 is 28.0 Å². The minimum absolute atomic E-state index is 0.000567. The van der Waals surface area contributed by atoms with Gasteiger partial charge in [0, 0.05) is 12.5 Å². The SMILES string of the molecule is CCCCC1CCC(OC(=O)N[C@@H](CC(C)C)C(=O)N[C@@H](C[C@@H]2CCNC2=O)C(O)S(=O)(=O)O)CC1. The number of hydrogen-bond donors (Lipinski definition) is 5. The second-order valence-corrected chi connectivity index (χ2v) is 12.1. The van der Waals surface area contributed by atoms with Crippen LogP contribution in [0.3, 0.4) is 0 Å². The summed E-state index contributed by atoms with van der Waals surface area (Å²) >= 11 is 0. The Labute approximate surface area is 214 Å². The molecule has 12 heteroatoms. The first-order valence-corrected chi connectivity index (χ1v) is 14.6. The van der Waals surface area contributed by atoms with Gasteiger partial charge in [0.1, 0.15) is 12.1 Å². The molecule has 11 nitrogen and oxygen atoms in total. The van der Waals surface area contributed by atoms with Crippen LogP contribution in [0.4, 0.5) is 4.79 Å². The van der Waals surface area contributed by atoms with E-state index >= 15 is 0 Å². The van der Waals surface area contributed by atoms with Crippen molar-refractivity contribution in [1.29, 1.82) is 0 Å². The topological polar surface area (TPSA) is 171 Å². The number of carbonyl (C=O) groups is 3. The molecular weight excluding hydrogens is 490 g/mol. The zero-order chi connectivity index (χ0) is 26.9. The lowest BCUT2D eigenvalue weighted by Crippen LogP contribution is -2.55. The summed E-state index contributed by atoms with van der Waals surface area (Å²) in [6.45, 7) is 6.28. The average molecular weight is 534 g/mol. The zero-order valence-corrected chi connectivity index (χ0v) is 22.4. The fourth-order valence-electron chi connectivity index (χ4n) is 4.98. The number of aliphatic hydroxyl groups is 1. The van der Waals surface area contributed by atoms with Crippen molar-refractivity contribution in [2.75, 3.05) is 6.54 Å². The van der Waals surface area contributed by atoms with E-state index in [1.54, 1.807) is 0 Å². The van der Waals surface area contributed by atoms with Crippen molar-refractivity contribution in [1.82, 2.24) is 16.0 Å². The molecule has 0 bridgehead atoms. The number of hydrogen-bond acceptors (Lipinski definition) is 7. The van der Waals surface area contributed by atoms with Crippen LogP contribution in [-0.2, 0) is 24.4 Å². The molecule has 208 valence electrons. The number of amides is 3. The zero-order valence-electron chi connectivity index (χ0n) is 21.6. The monoisotopic (exact) mass is 533 g/mol. The molecule has 1 unspecified atom stereocenters. The number of aliphatic hydroxyl groups excluding tert-OH is 1. The molecule has 0 aromatic carbocycles. The number of alkyl carbamates (subject to hydrolysis) is 1. The van der Waals surface area contributed by atoms with Crippen LogP contribution in [-0.4, -0.2) is 66.2 Å². The molecule has 5 N–H and O–H groups in total. The van der Waals surface area contributed by atoms with E-state index in [9.17, 15) is 32.5 Å². The largest absolute Gasteiger partial charge is 0.446 e. The molecule has 2 fully saturated rings. The van der Waals surface area contributed by atoms with Gasteiger partial charge >= 0.3 is 6.09 Å². The van der Waals surface area contributed by atoms with Gasteiger partial charge in [-0.05, 0) is 56.8 Å². The van der Waals surface area contributed by atoms with Gasteiger partial charge in [-0.2, -0.15) is 8.42 Å². The fraction of sp³-hybridized carbons (Fsp3) is 0.875. The standard InChI is InChI=1S/C24H43N3O8S/c1-4-5-6-16-7-9-18(10-8-16)35-24(31)27-19(13-15(2)3)22(29)26-20(23(30)36(32,33)34)14-17-11-12-25-21(17)28/h15-20,23,30H,4-14H2,1-3H3,(H,25,28)(H,26,29)(H,27,31)(H,32,33,34)/t16?,17-,18?,19-,20-,23?/m0/s1. The summed E-state index contributed by atoms with van der Waals surface area (Å²) in [5, 5.41) is 17.8. The number of nitrogens with one attached hydrogen (secondary N) is 3. The third kappa shape index (κ3) is 9.85. The third-order valence-corrected chi connectivity index (χ3v) is 7.97. The lowest BCUT2D eigenvalue weighted by atomic mass is 9.84. The van der Waals surface area contributed by atoms with E-state index in [1.807, 2.05) is 13.8 Å². The van der Waals surface area contributed by atoms with E-state index < -0.39 is 45.6 Å². The summed E-state index contributed by atoms with van der Waals surface area (Å²) in [5.41, 5.74) is -2.32. The van der Waals surface area contributed by atoms with E-state index in [-0.39, 0.29) is 30.8 Å². The van der Waals surface area contributed by atoms with Gasteiger partial charge in [-0.1, -0.05) is 40.0 Å². The Hall–Kier alpha value is -1.92. The molecule has 4 atom stereocenters. The van der Waals surface area contributed by atoms with Gasteiger partial charge in [-0.25, -0.2) is 4.79 Å². The molecule has 0 radical (unpaired) electrons. The Morgan fingerprint density at radius 1 is 1.14 bits per heavy atom. The highest BCUT2D eigenvalue weighted by Crippen LogP contribution is 2.30. The first kappa shape index (κ1) is 30.3. The average Bonchev–Trinajstić information content (AvgIpc) is 3.20. The van der Waals surface area contributed by atoms with Crippen LogP contribution in [0.15, 0.2) is 0 Å². The van der Waals surface area contributed by atoms with Crippen molar-refractivity contribution < 1.29 is 37.2 Å². The molecule has 2 aliphatic rings. The molecule has 3 amide bonds. The molecular formula is C24H43N3O8S. The van der Waals surface area contributed by atoms with E-state index in [0.717, 1.165) is 32.1 Å². The Morgan fingerprint density at radius 3 is 2.33 bits per heavy atom. The molecule has 1 saturated carbocycles. The van der Waals surface area contributed by atoms with Crippen LogP contribution in [0.2, 0.25) is 0 Å². The van der Waals surface area contributed by atoms with E-state index in [1.165, 1.54) is 12.8 Å². The predicted octanol–water partition coefficient (Wildman–Crippen LogP) is 2.09. The molecule has 0 spiro atoms. The Balaban J connectivity index is 2.00. The highest BCUT2D eigenvalue weighted by Gasteiger charge is 2.38. The molecule has 36 heavy (non-hydrogen) atoms. The van der Waals surface area contributed by atoms with E-state index in [0.29, 0.717) is 18.9 Å². The number of carbonyl (C=O) groups excluding carboxylic acids is 3. The molecule has 1 heterocycles. The molecule has 1 aliphatic carbocycles.